The molecule has 0 amide bonds. The minimum Gasteiger partial charge on any atom is -0.477 e. The maximum Gasteiger partial charge on any atom is 0.362 e. The molecule has 2 atom stereocenters. The van der Waals surface area contributed by atoms with Crippen LogP contribution in [0.3, 0.4) is 0 Å². The Morgan fingerprint density at radius 1 is 0.443 bits per heavy atom. The summed E-state index contributed by atoms with van der Waals surface area (Å²) in [5, 5.41) is 9.69. The number of aliphatic carboxylic acids is 1. The fraction of sp³-hybridized carbons (Fsp3) is 0.823. The number of esters is 2. The Labute approximate surface area is 433 Å². The van der Waals surface area contributed by atoms with Crippen molar-refractivity contribution >= 4 is 17.9 Å². The molecule has 0 aliphatic heterocycles. The molecule has 0 aromatic rings. The molecule has 0 heterocycles. The molecule has 0 saturated heterocycles. The summed E-state index contributed by atoms with van der Waals surface area (Å²) >= 11 is 0. The van der Waals surface area contributed by atoms with E-state index in [1.165, 1.54) is 180 Å². The van der Waals surface area contributed by atoms with E-state index in [2.05, 4.69) is 62.5 Å². The number of hydrogen-bond donors (Lipinski definition) is 1. The fourth-order valence-corrected chi connectivity index (χ4v) is 8.97. The topological polar surface area (TPSA) is 99.1 Å². The van der Waals surface area contributed by atoms with Gasteiger partial charge in [-0.2, -0.15) is 0 Å². The zero-order valence-corrected chi connectivity index (χ0v) is 46.7. The van der Waals surface area contributed by atoms with Crippen LogP contribution in [0.5, 0.6) is 0 Å². The third kappa shape index (κ3) is 50.2. The Morgan fingerprint density at radius 3 is 1.19 bits per heavy atom. The lowest BCUT2D eigenvalue weighted by Gasteiger charge is -2.31. The molecule has 0 saturated carbocycles. The highest BCUT2D eigenvalue weighted by Gasteiger charge is 2.31. The molecule has 0 aliphatic rings. The minimum atomic E-state index is -0.872. The van der Waals surface area contributed by atoms with Crippen LogP contribution in [-0.2, 0) is 28.6 Å². The van der Waals surface area contributed by atoms with Gasteiger partial charge in [-0.15, -0.1) is 0 Å². The number of carboxylic acids is 1. The van der Waals surface area contributed by atoms with Gasteiger partial charge in [0, 0.05) is 19.3 Å². The highest BCUT2D eigenvalue weighted by Crippen LogP contribution is 2.17. The second-order valence-electron chi connectivity index (χ2n) is 21.2. The molecule has 0 fully saturated rings. The van der Waals surface area contributed by atoms with Crippen LogP contribution in [0, 0.1) is 0 Å². The molecule has 0 radical (unpaired) electrons. The number of ether oxygens (including phenoxy) is 3. The SMILES string of the molecule is CC/C=C/C/C=C/C/C=C/C/C=C/CCCCCCCCCCCCC(=O)OC(COCCC(C(=O)O)[N+](C)(C)C)COC(=O)CCCCCCCCCCCCCCCCCCCCCCCCC. The van der Waals surface area contributed by atoms with E-state index in [9.17, 15) is 19.5 Å². The van der Waals surface area contributed by atoms with Crippen LogP contribution in [0.25, 0.3) is 0 Å². The van der Waals surface area contributed by atoms with Gasteiger partial charge < -0.3 is 23.8 Å². The normalized spacial score (nSPS) is 13.1. The van der Waals surface area contributed by atoms with Gasteiger partial charge in [-0.25, -0.2) is 4.79 Å². The number of carboxylic acid groups (broad SMARTS) is 1. The molecule has 0 aliphatic carbocycles. The van der Waals surface area contributed by atoms with E-state index in [-0.39, 0.29) is 36.2 Å². The molecule has 0 aromatic carbocycles. The molecule has 0 spiro atoms. The Kier molecular flexibility index (Phi) is 50.6. The van der Waals surface area contributed by atoms with Crippen molar-refractivity contribution in [1.29, 1.82) is 0 Å². The van der Waals surface area contributed by atoms with Crippen molar-refractivity contribution in [3.8, 4) is 0 Å². The lowest BCUT2D eigenvalue weighted by atomic mass is 10.0. The van der Waals surface area contributed by atoms with Crippen LogP contribution in [0.15, 0.2) is 48.6 Å². The van der Waals surface area contributed by atoms with E-state index < -0.39 is 18.1 Å². The highest BCUT2D eigenvalue weighted by atomic mass is 16.6. The first-order valence-electron chi connectivity index (χ1n) is 29.7. The summed E-state index contributed by atoms with van der Waals surface area (Å²) < 4.78 is 17.4. The van der Waals surface area contributed by atoms with Gasteiger partial charge in [0.2, 0.25) is 0 Å². The molecule has 0 rings (SSSR count). The summed E-state index contributed by atoms with van der Waals surface area (Å²) in [6.45, 7) is 4.67. The second kappa shape index (κ2) is 52.6. The molecular formula is C62H114NO7+. The Balaban J connectivity index is 4.13. The molecule has 8 nitrogen and oxygen atoms in total. The zero-order valence-electron chi connectivity index (χ0n) is 46.7. The van der Waals surface area contributed by atoms with E-state index in [4.69, 9.17) is 14.2 Å². The van der Waals surface area contributed by atoms with E-state index in [1.807, 2.05) is 21.1 Å². The van der Waals surface area contributed by atoms with Crippen molar-refractivity contribution in [3.05, 3.63) is 48.6 Å². The Bertz CT molecular complexity index is 1280. The first-order chi connectivity index (χ1) is 34.1. The summed E-state index contributed by atoms with van der Waals surface area (Å²) in [5.41, 5.74) is 0. The first-order valence-corrected chi connectivity index (χ1v) is 29.7. The van der Waals surface area contributed by atoms with E-state index >= 15 is 0 Å². The molecular weight excluding hydrogens is 871 g/mol. The molecule has 2 unspecified atom stereocenters. The summed E-state index contributed by atoms with van der Waals surface area (Å²) in [6.07, 6.45) is 66.1. The average Bonchev–Trinajstić information content (AvgIpc) is 3.33. The summed E-state index contributed by atoms with van der Waals surface area (Å²) in [4.78, 5) is 37.3. The Hall–Kier alpha value is -2.71. The predicted octanol–water partition coefficient (Wildman–Crippen LogP) is 17.9. The number of allylic oxidation sites excluding steroid dienone is 8. The zero-order chi connectivity index (χ0) is 51.3. The van der Waals surface area contributed by atoms with Crippen molar-refractivity contribution in [1.82, 2.24) is 0 Å². The molecule has 0 aromatic heterocycles. The quantitative estimate of drug-likeness (QED) is 0.0280. The summed E-state index contributed by atoms with van der Waals surface area (Å²) in [5.74, 6) is -1.45. The molecule has 0 bridgehead atoms. The lowest BCUT2D eigenvalue weighted by molar-refractivity contribution is -0.887. The van der Waals surface area contributed by atoms with Crippen molar-refractivity contribution in [2.45, 2.75) is 289 Å². The number of hydrogen-bond acceptors (Lipinski definition) is 6. The van der Waals surface area contributed by atoms with Gasteiger partial charge in [0.25, 0.3) is 0 Å². The molecule has 408 valence electrons. The van der Waals surface area contributed by atoms with Gasteiger partial charge in [0.15, 0.2) is 12.1 Å². The van der Waals surface area contributed by atoms with Gasteiger partial charge in [-0.3, -0.25) is 9.59 Å². The number of likely N-dealkylation sites (N-methyl/N-ethyl adjacent to an activating group) is 1. The van der Waals surface area contributed by atoms with Crippen LogP contribution in [-0.4, -0.2) is 80.6 Å². The van der Waals surface area contributed by atoms with Crippen molar-refractivity contribution in [2.75, 3.05) is 41.0 Å². The number of carbonyl (C=O) groups is 3. The van der Waals surface area contributed by atoms with Crippen LogP contribution in [0.4, 0.5) is 0 Å². The van der Waals surface area contributed by atoms with Gasteiger partial charge in [-0.05, 0) is 51.4 Å². The van der Waals surface area contributed by atoms with E-state index in [0.717, 1.165) is 64.2 Å². The number of quaternary nitrogens is 1. The van der Waals surface area contributed by atoms with Crippen LogP contribution in [0.1, 0.15) is 277 Å². The maximum atomic E-state index is 12.9. The molecule has 1 N–H and O–H groups in total. The van der Waals surface area contributed by atoms with Crippen molar-refractivity contribution < 1.29 is 38.2 Å². The smallest absolute Gasteiger partial charge is 0.362 e. The minimum absolute atomic E-state index is 0.0495. The summed E-state index contributed by atoms with van der Waals surface area (Å²) in [7, 11) is 5.55. The van der Waals surface area contributed by atoms with E-state index in [0.29, 0.717) is 19.3 Å². The van der Waals surface area contributed by atoms with Gasteiger partial charge in [0.05, 0.1) is 34.4 Å². The number of rotatable bonds is 54. The van der Waals surface area contributed by atoms with Crippen LogP contribution < -0.4 is 0 Å². The third-order valence-corrected chi connectivity index (χ3v) is 13.5. The lowest BCUT2D eigenvalue weighted by Crippen LogP contribution is -2.50. The van der Waals surface area contributed by atoms with Crippen molar-refractivity contribution in [3.63, 3.8) is 0 Å². The monoisotopic (exact) mass is 985 g/mol. The fourth-order valence-electron chi connectivity index (χ4n) is 8.97. The maximum absolute atomic E-state index is 12.9. The van der Waals surface area contributed by atoms with Gasteiger partial charge in [-0.1, -0.05) is 255 Å². The Morgan fingerprint density at radius 2 is 0.800 bits per heavy atom. The molecule has 70 heavy (non-hydrogen) atoms. The highest BCUT2D eigenvalue weighted by molar-refractivity contribution is 5.72. The summed E-state index contributed by atoms with van der Waals surface area (Å²) in [6, 6.07) is -0.616. The number of nitrogens with zero attached hydrogens (tertiary/aromatic N) is 1. The average molecular weight is 986 g/mol. The second-order valence-corrected chi connectivity index (χ2v) is 21.2. The number of carbonyl (C=O) groups excluding carboxylic acids is 2. The van der Waals surface area contributed by atoms with Crippen LogP contribution in [0.2, 0.25) is 0 Å². The molecule has 8 heteroatoms. The van der Waals surface area contributed by atoms with E-state index in [1.54, 1.807) is 0 Å². The first kappa shape index (κ1) is 67.3. The largest absolute Gasteiger partial charge is 0.477 e. The predicted molar refractivity (Wildman–Crippen MR) is 298 cm³/mol. The van der Waals surface area contributed by atoms with Crippen molar-refractivity contribution in [2.24, 2.45) is 0 Å². The van der Waals surface area contributed by atoms with Gasteiger partial charge >= 0.3 is 17.9 Å². The number of unbranched alkanes of at least 4 members (excludes halogenated alkanes) is 32. The van der Waals surface area contributed by atoms with Crippen LogP contribution >= 0.6 is 0 Å². The standard InChI is InChI=1S/C62H113NO7/c1-6-8-10-12-14-16-18-20-22-24-26-28-30-32-34-36-38-40-42-44-46-48-50-52-60(64)69-57-58(56-68-55-54-59(62(66)67)63(3,4)5)70-61(65)53-51-49-47-45-43-41-39-37-35-33-31-29-27-25-23-21-19-17-15-13-11-9-7-2/h9,11,15,17,21,23,27,29,58-59H,6-8,10,12-14,16,18-20,22,24-26,28,30-57H2,1-5H3/p+1/b11-9+,17-15+,23-21+,29-27+. The van der Waals surface area contributed by atoms with Gasteiger partial charge in [0.1, 0.15) is 6.61 Å². The third-order valence-electron chi connectivity index (χ3n) is 13.5.